The molecule has 0 saturated heterocycles. The summed E-state index contributed by atoms with van der Waals surface area (Å²) in [6, 6.07) is 7.51. The Labute approximate surface area is 181 Å². The summed E-state index contributed by atoms with van der Waals surface area (Å²) >= 11 is 0. The summed E-state index contributed by atoms with van der Waals surface area (Å²) in [7, 11) is -1.85. The SMILES string of the molecule is CCCN(CCC)S(=O)(=O)c1ccc(C(=O)Nc2nnc(-c3cc(C)nn3C)o2)cc1. The highest BCUT2D eigenvalue weighted by atomic mass is 32.2. The number of benzene rings is 1. The maximum Gasteiger partial charge on any atom is 0.322 e. The van der Waals surface area contributed by atoms with Crippen LogP contribution in [-0.4, -0.2) is 51.7 Å². The average molecular weight is 447 g/mol. The lowest BCUT2D eigenvalue weighted by molar-refractivity contribution is 0.102. The van der Waals surface area contributed by atoms with Crippen LogP contribution in [0.1, 0.15) is 42.7 Å². The summed E-state index contributed by atoms with van der Waals surface area (Å²) in [6.45, 7) is 6.62. The zero-order valence-corrected chi connectivity index (χ0v) is 18.8. The second-order valence-corrected chi connectivity index (χ2v) is 9.03. The Kier molecular flexibility index (Phi) is 6.86. The van der Waals surface area contributed by atoms with Gasteiger partial charge in [-0.1, -0.05) is 18.9 Å². The van der Waals surface area contributed by atoms with Crippen molar-refractivity contribution in [2.75, 3.05) is 18.4 Å². The van der Waals surface area contributed by atoms with Gasteiger partial charge in [0.15, 0.2) is 0 Å². The molecule has 10 nitrogen and oxygen atoms in total. The van der Waals surface area contributed by atoms with Crippen LogP contribution in [0.3, 0.4) is 0 Å². The van der Waals surface area contributed by atoms with Gasteiger partial charge >= 0.3 is 6.01 Å². The Morgan fingerprint density at radius 1 is 1.13 bits per heavy atom. The number of rotatable bonds is 9. The van der Waals surface area contributed by atoms with E-state index in [9.17, 15) is 13.2 Å². The highest BCUT2D eigenvalue weighted by molar-refractivity contribution is 7.89. The van der Waals surface area contributed by atoms with Gasteiger partial charge in [-0.3, -0.25) is 14.8 Å². The lowest BCUT2D eigenvalue weighted by Crippen LogP contribution is -2.32. The second-order valence-electron chi connectivity index (χ2n) is 7.09. The molecule has 1 N–H and O–H groups in total. The summed E-state index contributed by atoms with van der Waals surface area (Å²) in [5.41, 5.74) is 1.70. The van der Waals surface area contributed by atoms with Crippen molar-refractivity contribution in [2.24, 2.45) is 7.05 Å². The van der Waals surface area contributed by atoms with Gasteiger partial charge < -0.3 is 4.42 Å². The van der Waals surface area contributed by atoms with Crippen molar-refractivity contribution in [1.29, 1.82) is 0 Å². The highest BCUT2D eigenvalue weighted by Crippen LogP contribution is 2.21. The van der Waals surface area contributed by atoms with E-state index in [4.69, 9.17) is 4.42 Å². The molecule has 2 heterocycles. The van der Waals surface area contributed by atoms with Crippen molar-refractivity contribution in [3.8, 4) is 11.6 Å². The first kappa shape index (κ1) is 22.6. The first-order valence-electron chi connectivity index (χ1n) is 10.0. The highest BCUT2D eigenvalue weighted by Gasteiger charge is 2.23. The van der Waals surface area contributed by atoms with Crippen LogP contribution in [-0.2, 0) is 17.1 Å². The minimum absolute atomic E-state index is 0.0624. The Morgan fingerprint density at radius 3 is 2.32 bits per heavy atom. The number of hydrogen-bond acceptors (Lipinski definition) is 7. The molecule has 0 saturated carbocycles. The lowest BCUT2D eigenvalue weighted by Gasteiger charge is -2.21. The number of hydrogen-bond donors (Lipinski definition) is 1. The van der Waals surface area contributed by atoms with Gasteiger partial charge in [-0.05, 0) is 50.1 Å². The van der Waals surface area contributed by atoms with Crippen LogP contribution in [0.4, 0.5) is 6.01 Å². The van der Waals surface area contributed by atoms with Gasteiger partial charge in [-0.15, -0.1) is 5.10 Å². The van der Waals surface area contributed by atoms with Crippen LogP contribution in [0.25, 0.3) is 11.6 Å². The number of carbonyl (C=O) groups excluding carboxylic acids is 1. The topological polar surface area (TPSA) is 123 Å². The number of amides is 1. The molecule has 11 heteroatoms. The molecule has 2 aromatic heterocycles. The average Bonchev–Trinajstić information content (AvgIpc) is 3.33. The number of nitrogens with one attached hydrogen (secondary N) is 1. The molecule has 1 amide bonds. The van der Waals surface area contributed by atoms with E-state index in [1.54, 1.807) is 17.8 Å². The molecule has 3 aromatic rings. The van der Waals surface area contributed by atoms with Crippen molar-refractivity contribution in [3.63, 3.8) is 0 Å². The lowest BCUT2D eigenvalue weighted by atomic mass is 10.2. The van der Waals surface area contributed by atoms with E-state index in [1.165, 1.54) is 28.6 Å². The van der Waals surface area contributed by atoms with Crippen molar-refractivity contribution in [3.05, 3.63) is 41.6 Å². The fourth-order valence-electron chi connectivity index (χ4n) is 3.14. The van der Waals surface area contributed by atoms with Gasteiger partial charge in [-0.25, -0.2) is 8.42 Å². The van der Waals surface area contributed by atoms with Crippen molar-refractivity contribution >= 4 is 21.9 Å². The summed E-state index contributed by atoms with van der Waals surface area (Å²) in [5, 5.41) is 14.5. The number of nitrogens with zero attached hydrogens (tertiary/aromatic N) is 5. The van der Waals surface area contributed by atoms with Crippen molar-refractivity contribution < 1.29 is 17.6 Å². The van der Waals surface area contributed by atoms with Gasteiger partial charge in [0, 0.05) is 25.7 Å². The summed E-state index contributed by atoms with van der Waals surface area (Å²) in [5.74, 6) is -0.258. The molecule has 0 aliphatic heterocycles. The summed E-state index contributed by atoms with van der Waals surface area (Å²) in [6.07, 6.45) is 1.45. The van der Waals surface area contributed by atoms with Crippen LogP contribution >= 0.6 is 0 Å². The molecular weight excluding hydrogens is 420 g/mol. The van der Waals surface area contributed by atoms with Gasteiger partial charge in [0.2, 0.25) is 10.0 Å². The minimum Gasteiger partial charge on any atom is -0.401 e. The Bertz CT molecular complexity index is 1140. The van der Waals surface area contributed by atoms with Crippen LogP contribution in [0, 0.1) is 6.92 Å². The third-order valence-corrected chi connectivity index (χ3v) is 6.48. The largest absolute Gasteiger partial charge is 0.401 e. The van der Waals surface area contributed by atoms with E-state index >= 15 is 0 Å². The molecule has 0 spiro atoms. The molecular formula is C20H26N6O4S. The zero-order valence-electron chi connectivity index (χ0n) is 18.0. The van der Waals surface area contributed by atoms with E-state index in [1.807, 2.05) is 20.8 Å². The Hall–Kier alpha value is -3.05. The van der Waals surface area contributed by atoms with E-state index in [2.05, 4.69) is 20.6 Å². The third-order valence-electron chi connectivity index (χ3n) is 4.57. The number of sulfonamides is 1. The third kappa shape index (κ3) is 5.00. The van der Waals surface area contributed by atoms with Gasteiger partial charge in [-0.2, -0.15) is 9.40 Å². The first-order valence-corrected chi connectivity index (χ1v) is 11.5. The van der Waals surface area contributed by atoms with Gasteiger partial charge in [0.05, 0.1) is 10.6 Å². The maximum absolute atomic E-state index is 12.8. The Balaban J connectivity index is 1.73. The predicted octanol–water partition coefficient (Wildman–Crippen LogP) is 2.84. The minimum atomic E-state index is -3.60. The van der Waals surface area contributed by atoms with E-state index in [0.717, 1.165) is 18.5 Å². The van der Waals surface area contributed by atoms with Gasteiger partial charge in [0.1, 0.15) is 5.69 Å². The molecule has 166 valence electrons. The number of aromatic nitrogens is 4. The number of aryl methyl sites for hydroxylation is 2. The van der Waals surface area contributed by atoms with Crippen LogP contribution in [0.2, 0.25) is 0 Å². The molecule has 0 bridgehead atoms. The van der Waals surface area contributed by atoms with Crippen LogP contribution in [0.5, 0.6) is 0 Å². The fourth-order valence-corrected chi connectivity index (χ4v) is 4.76. The molecule has 0 aliphatic rings. The molecule has 3 rings (SSSR count). The monoisotopic (exact) mass is 446 g/mol. The molecule has 1 aromatic carbocycles. The standard InChI is InChI=1S/C20H26N6O4S/c1-5-11-26(12-6-2)31(28,29)16-9-7-15(8-10-16)18(27)21-20-23-22-19(30-20)17-13-14(3)24-25(17)4/h7-10,13H,5-6,11-12H2,1-4H3,(H,21,23,27). The predicted molar refractivity (Wildman–Crippen MR) is 115 cm³/mol. The smallest absolute Gasteiger partial charge is 0.322 e. The number of anilines is 1. The molecule has 0 aliphatic carbocycles. The molecule has 31 heavy (non-hydrogen) atoms. The maximum atomic E-state index is 12.8. The molecule has 0 fully saturated rings. The van der Waals surface area contributed by atoms with E-state index < -0.39 is 15.9 Å². The van der Waals surface area contributed by atoms with E-state index in [-0.39, 0.29) is 22.4 Å². The molecule has 0 unspecified atom stereocenters. The molecule has 0 atom stereocenters. The molecule has 0 radical (unpaired) electrons. The van der Waals surface area contributed by atoms with Gasteiger partial charge in [0.25, 0.3) is 11.8 Å². The van der Waals surface area contributed by atoms with Crippen LogP contribution < -0.4 is 5.32 Å². The normalized spacial score (nSPS) is 11.8. The fraction of sp³-hybridized carbons (Fsp3) is 0.400. The second kappa shape index (κ2) is 9.40. The summed E-state index contributed by atoms with van der Waals surface area (Å²) in [4.78, 5) is 12.7. The summed E-state index contributed by atoms with van der Waals surface area (Å²) < 4.78 is 34.2. The van der Waals surface area contributed by atoms with Crippen molar-refractivity contribution in [1.82, 2.24) is 24.3 Å². The first-order chi connectivity index (χ1) is 14.8. The Morgan fingerprint density at radius 2 is 1.77 bits per heavy atom. The van der Waals surface area contributed by atoms with Crippen LogP contribution in [0.15, 0.2) is 39.6 Å². The zero-order chi connectivity index (χ0) is 22.6. The quantitative estimate of drug-likeness (QED) is 0.536. The van der Waals surface area contributed by atoms with E-state index in [0.29, 0.717) is 18.8 Å². The van der Waals surface area contributed by atoms with Crippen molar-refractivity contribution in [2.45, 2.75) is 38.5 Å². The number of carbonyl (C=O) groups is 1.